The average molecular weight is 255 g/mol. The van der Waals surface area contributed by atoms with E-state index in [0.717, 1.165) is 25.3 Å². The van der Waals surface area contributed by atoms with E-state index in [1.807, 2.05) is 12.1 Å². The van der Waals surface area contributed by atoms with E-state index >= 15 is 0 Å². The molecule has 0 radical (unpaired) electrons. The molecule has 3 aromatic rings. The second kappa shape index (κ2) is 5.33. The summed E-state index contributed by atoms with van der Waals surface area (Å²) < 4.78 is 5.33. The first-order chi connectivity index (χ1) is 9.34. The number of aryl methyl sites for hydroxylation is 1. The van der Waals surface area contributed by atoms with Crippen LogP contribution in [0.5, 0.6) is 0 Å². The van der Waals surface area contributed by atoms with Gasteiger partial charge in [0.2, 0.25) is 0 Å². The van der Waals surface area contributed by atoms with Crippen LogP contribution in [-0.4, -0.2) is 11.5 Å². The van der Waals surface area contributed by atoms with Crippen molar-refractivity contribution in [1.82, 2.24) is 4.98 Å². The molecule has 0 aliphatic heterocycles. The largest absolute Gasteiger partial charge is 0.463 e. The predicted octanol–water partition coefficient (Wildman–Crippen LogP) is 2.38. The van der Waals surface area contributed by atoms with Gasteiger partial charge in [-0.25, -0.2) is 0 Å². The van der Waals surface area contributed by atoms with Crippen molar-refractivity contribution < 1.29 is 9.73 Å². The molecule has 3 heteroatoms. The highest BCUT2D eigenvalue weighted by atomic mass is 16.3. The zero-order valence-corrected chi connectivity index (χ0v) is 11.1. The van der Waals surface area contributed by atoms with E-state index in [4.69, 9.17) is 4.42 Å². The Balaban J connectivity index is 1.63. The maximum absolute atomic E-state index is 5.33. The zero-order valence-electron chi connectivity index (χ0n) is 11.1. The molecule has 0 aliphatic carbocycles. The van der Waals surface area contributed by atoms with Gasteiger partial charge in [-0.05, 0) is 30.7 Å². The summed E-state index contributed by atoms with van der Waals surface area (Å²) >= 11 is 0. The minimum atomic E-state index is 0.911. The van der Waals surface area contributed by atoms with E-state index in [-0.39, 0.29) is 0 Å². The third kappa shape index (κ3) is 2.56. The molecule has 0 spiro atoms. The minimum Gasteiger partial charge on any atom is -0.463 e. The monoisotopic (exact) mass is 255 g/mol. The van der Waals surface area contributed by atoms with Crippen molar-refractivity contribution in [3.05, 3.63) is 59.7 Å². The number of benzene rings is 1. The summed E-state index contributed by atoms with van der Waals surface area (Å²) in [6, 6.07) is 12.5. The van der Waals surface area contributed by atoms with Crippen LogP contribution in [0.4, 0.5) is 0 Å². The Labute approximate surface area is 112 Å². The molecule has 19 heavy (non-hydrogen) atoms. The van der Waals surface area contributed by atoms with E-state index in [0.29, 0.717) is 0 Å². The molecule has 0 saturated carbocycles. The number of para-hydroxylation sites is 1. The molecular weight excluding hydrogens is 236 g/mol. The van der Waals surface area contributed by atoms with Crippen LogP contribution in [0.15, 0.2) is 47.1 Å². The number of aromatic amines is 1. The molecule has 98 valence electrons. The van der Waals surface area contributed by atoms with Crippen molar-refractivity contribution in [2.24, 2.45) is 0 Å². The van der Waals surface area contributed by atoms with Gasteiger partial charge in [-0.2, -0.15) is 0 Å². The Morgan fingerprint density at radius 1 is 1.16 bits per heavy atom. The molecule has 0 saturated heterocycles. The summed E-state index contributed by atoms with van der Waals surface area (Å²) in [5.41, 5.74) is 3.96. The third-order valence-electron chi connectivity index (χ3n) is 3.55. The second-order valence-corrected chi connectivity index (χ2v) is 4.88. The lowest BCUT2D eigenvalue weighted by molar-refractivity contribution is -0.671. The van der Waals surface area contributed by atoms with Crippen LogP contribution in [0.2, 0.25) is 0 Å². The standard InChI is InChI=1S/C16H18N2O/c1-12-14(15-6-2-3-7-16(15)18-12)8-9-17-11-13-5-4-10-19-13/h2-7,10,17-18H,8-9,11H2,1H3/p+1. The molecule has 0 bridgehead atoms. The van der Waals surface area contributed by atoms with Crippen molar-refractivity contribution in [2.45, 2.75) is 19.9 Å². The number of hydrogen-bond acceptors (Lipinski definition) is 1. The van der Waals surface area contributed by atoms with E-state index in [2.05, 4.69) is 41.5 Å². The molecule has 0 unspecified atom stereocenters. The maximum atomic E-state index is 5.33. The van der Waals surface area contributed by atoms with Gasteiger partial charge in [0.05, 0.1) is 12.8 Å². The normalized spacial score (nSPS) is 11.2. The first kappa shape index (κ1) is 12.1. The van der Waals surface area contributed by atoms with Crippen molar-refractivity contribution in [3.8, 4) is 0 Å². The number of fused-ring (bicyclic) bond motifs is 1. The summed E-state index contributed by atoms with van der Waals surface area (Å²) in [6.07, 6.45) is 2.81. The Morgan fingerprint density at radius 3 is 2.89 bits per heavy atom. The molecule has 1 aromatic carbocycles. The quantitative estimate of drug-likeness (QED) is 0.675. The van der Waals surface area contributed by atoms with Crippen LogP contribution in [0.25, 0.3) is 10.9 Å². The van der Waals surface area contributed by atoms with Gasteiger partial charge in [0.15, 0.2) is 5.76 Å². The number of H-pyrrole nitrogens is 1. The highest BCUT2D eigenvalue weighted by molar-refractivity contribution is 5.84. The fourth-order valence-corrected chi connectivity index (χ4v) is 2.58. The second-order valence-electron chi connectivity index (χ2n) is 4.88. The smallest absolute Gasteiger partial charge is 0.157 e. The molecule has 0 amide bonds. The molecule has 3 nitrogen and oxygen atoms in total. The fraction of sp³-hybridized carbons (Fsp3) is 0.250. The summed E-state index contributed by atoms with van der Waals surface area (Å²) in [5, 5.41) is 3.64. The summed E-state index contributed by atoms with van der Waals surface area (Å²) in [5.74, 6) is 1.04. The molecule has 0 atom stereocenters. The number of quaternary nitrogens is 1. The van der Waals surface area contributed by atoms with Gasteiger partial charge in [-0.3, -0.25) is 0 Å². The Hall–Kier alpha value is -2.00. The van der Waals surface area contributed by atoms with Crippen LogP contribution in [0.3, 0.4) is 0 Å². The van der Waals surface area contributed by atoms with E-state index < -0.39 is 0 Å². The number of rotatable bonds is 5. The van der Waals surface area contributed by atoms with Gasteiger partial charge in [-0.15, -0.1) is 0 Å². The zero-order chi connectivity index (χ0) is 13.1. The lowest BCUT2D eigenvalue weighted by atomic mass is 10.1. The SMILES string of the molecule is Cc1[nH]c2ccccc2c1CC[NH2+]Cc1ccco1. The molecule has 2 aromatic heterocycles. The van der Waals surface area contributed by atoms with E-state index in [1.165, 1.54) is 22.2 Å². The lowest BCUT2D eigenvalue weighted by Crippen LogP contribution is -2.83. The van der Waals surface area contributed by atoms with Crippen molar-refractivity contribution in [1.29, 1.82) is 0 Å². The highest BCUT2D eigenvalue weighted by Gasteiger charge is 2.08. The van der Waals surface area contributed by atoms with Crippen LogP contribution in [0.1, 0.15) is 17.0 Å². The predicted molar refractivity (Wildman–Crippen MR) is 75.9 cm³/mol. The number of nitrogens with two attached hydrogens (primary N) is 1. The minimum absolute atomic E-state index is 0.911. The van der Waals surface area contributed by atoms with Crippen molar-refractivity contribution >= 4 is 10.9 Å². The van der Waals surface area contributed by atoms with Gasteiger partial charge in [0.25, 0.3) is 0 Å². The van der Waals surface area contributed by atoms with Gasteiger partial charge in [0.1, 0.15) is 6.54 Å². The number of furan rings is 1. The highest BCUT2D eigenvalue weighted by Crippen LogP contribution is 2.21. The van der Waals surface area contributed by atoms with Gasteiger partial charge < -0.3 is 14.7 Å². The lowest BCUT2D eigenvalue weighted by Gasteiger charge is -2.01. The topological polar surface area (TPSA) is 45.5 Å². The molecule has 3 rings (SSSR count). The summed E-state index contributed by atoms with van der Waals surface area (Å²) in [4.78, 5) is 3.45. The van der Waals surface area contributed by atoms with Crippen LogP contribution < -0.4 is 5.32 Å². The van der Waals surface area contributed by atoms with Crippen molar-refractivity contribution in [3.63, 3.8) is 0 Å². The van der Waals surface area contributed by atoms with Gasteiger partial charge >= 0.3 is 0 Å². The number of nitrogens with one attached hydrogen (secondary N) is 1. The number of aromatic nitrogens is 1. The van der Waals surface area contributed by atoms with Crippen LogP contribution in [0, 0.1) is 6.92 Å². The number of hydrogen-bond donors (Lipinski definition) is 2. The third-order valence-corrected chi connectivity index (χ3v) is 3.55. The molecular formula is C16H19N2O+. The Kier molecular flexibility index (Phi) is 3.38. The fourth-order valence-electron chi connectivity index (χ4n) is 2.58. The summed E-state index contributed by atoms with van der Waals surface area (Å²) in [7, 11) is 0. The van der Waals surface area contributed by atoms with Crippen molar-refractivity contribution in [2.75, 3.05) is 6.54 Å². The summed E-state index contributed by atoms with van der Waals surface area (Å²) in [6.45, 7) is 4.14. The van der Waals surface area contributed by atoms with Gasteiger partial charge in [-0.1, -0.05) is 18.2 Å². The van der Waals surface area contributed by atoms with Crippen LogP contribution >= 0.6 is 0 Å². The maximum Gasteiger partial charge on any atom is 0.157 e. The molecule has 3 N–H and O–H groups in total. The first-order valence-corrected chi connectivity index (χ1v) is 6.75. The van der Waals surface area contributed by atoms with Crippen LogP contribution in [-0.2, 0) is 13.0 Å². The average Bonchev–Trinajstić information content (AvgIpc) is 3.02. The van der Waals surface area contributed by atoms with Gasteiger partial charge in [0, 0.05) is 23.0 Å². The van der Waals surface area contributed by atoms with E-state index in [1.54, 1.807) is 6.26 Å². The molecule has 0 aliphatic rings. The Bertz CT molecular complexity index is 653. The first-order valence-electron chi connectivity index (χ1n) is 6.75. The van der Waals surface area contributed by atoms with E-state index in [9.17, 15) is 0 Å². The molecule has 2 heterocycles. The Morgan fingerprint density at radius 2 is 2.05 bits per heavy atom. The molecule has 0 fully saturated rings.